The van der Waals surface area contributed by atoms with Gasteiger partial charge in [0.1, 0.15) is 0 Å². The number of benzene rings is 1. The summed E-state index contributed by atoms with van der Waals surface area (Å²) < 4.78 is 40.5. The lowest BCUT2D eigenvalue weighted by atomic mass is 10.1. The molecule has 0 spiro atoms. The van der Waals surface area contributed by atoms with E-state index >= 15 is 0 Å². The lowest BCUT2D eigenvalue weighted by Gasteiger charge is -2.15. The number of nitrogens with one attached hydrogen (secondary N) is 1. The van der Waals surface area contributed by atoms with Crippen LogP contribution in [0.4, 0.5) is 18.9 Å². The normalized spacial score (nSPS) is 11.6. The first-order chi connectivity index (χ1) is 8.88. The van der Waals surface area contributed by atoms with Gasteiger partial charge in [-0.25, -0.2) is 0 Å². The van der Waals surface area contributed by atoms with E-state index in [9.17, 15) is 13.2 Å². The average molecular weight is 289 g/mol. The average Bonchev–Trinajstić information content (AvgIpc) is 2.72. The molecule has 19 heavy (non-hydrogen) atoms. The van der Waals surface area contributed by atoms with E-state index in [0.29, 0.717) is 6.54 Å². The molecule has 2 aromatic rings. The van der Waals surface area contributed by atoms with E-state index in [1.807, 2.05) is 29.9 Å². The molecule has 0 saturated heterocycles. The lowest BCUT2D eigenvalue weighted by Crippen LogP contribution is -2.11. The van der Waals surface area contributed by atoms with Crippen molar-refractivity contribution in [3.8, 4) is 0 Å². The zero-order chi connectivity index (χ0) is 14.0. The molecule has 0 unspecified atom stereocenters. The zero-order valence-corrected chi connectivity index (χ0v) is 10.9. The monoisotopic (exact) mass is 288 g/mol. The maximum Gasteiger partial charge on any atom is 0.418 e. The largest absolute Gasteiger partial charge is 0.418 e. The molecule has 1 heterocycles. The highest BCUT2D eigenvalue weighted by atomic mass is 35.5. The maximum atomic E-state index is 12.9. The predicted molar refractivity (Wildman–Crippen MR) is 69.2 cm³/mol. The van der Waals surface area contributed by atoms with Crippen molar-refractivity contribution >= 4 is 17.3 Å². The maximum absolute atomic E-state index is 12.9. The molecule has 1 aromatic carbocycles. The Balaban J connectivity index is 2.23. The van der Waals surface area contributed by atoms with Crippen LogP contribution in [0.15, 0.2) is 36.5 Å². The molecule has 102 valence electrons. The van der Waals surface area contributed by atoms with Crippen LogP contribution in [0.25, 0.3) is 0 Å². The number of alkyl halides is 3. The molecule has 0 atom stereocenters. The van der Waals surface area contributed by atoms with Gasteiger partial charge in [-0.15, -0.1) is 0 Å². The second-order valence-electron chi connectivity index (χ2n) is 4.15. The Morgan fingerprint density at radius 1 is 1.26 bits per heavy atom. The van der Waals surface area contributed by atoms with Gasteiger partial charge in [0.2, 0.25) is 0 Å². The molecule has 6 heteroatoms. The Kier molecular flexibility index (Phi) is 3.75. The molecular weight excluding hydrogens is 277 g/mol. The molecule has 0 bridgehead atoms. The summed E-state index contributed by atoms with van der Waals surface area (Å²) in [5, 5.41) is 2.86. The highest BCUT2D eigenvalue weighted by Crippen LogP contribution is 2.36. The van der Waals surface area contributed by atoms with E-state index in [0.717, 1.165) is 11.8 Å². The van der Waals surface area contributed by atoms with Gasteiger partial charge in [0.15, 0.2) is 0 Å². The van der Waals surface area contributed by atoms with Crippen LogP contribution in [-0.4, -0.2) is 4.57 Å². The Hall–Kier alpha value is -1.62. The van der Waals surface area contributed by atoms with Gasteiger partial charge in [0.05, 0.1) is 12.1 Å². The van der Waals surface area contributed by atoms with Crippen LogP contribution in [0.2, 0.25) is 5.02 Å². The van der Waals surface area contributed by atoms with E-state index in [4.69, 9.17) is 11.6 Å². The van der Waals surface area contributed by atoms with Crippen molar-refractivity contribution < 1.29 is 13.2 Å². The van der Waals surface area contributed by atoms with Gasteiger partial charge in [-0.2, -0.15) is 13.2 Å². The van der Waals surface area contributed by atoms with Gasteiger partial charge in [-0.1, -0.05) is 11.6 Å². The number of aryl methyl sites for hydroxylation is 1. The Labute approximate surface area is 113 Å². The first-order valence-electron chi connectivity index (χ1n) is 5.59. The highest BCUT2D eigenvalue weighted by Gasteiger charge is 2.33. The molecule has 0 aliphatic heterocycles. The lowest BCUT2D eigenvalue weighted by molar-refractivity contribution is -0.136. The third kappa shape index (κ3) is 3.23. The molecule has 0 radical (unpaired) electrons. The minimum absolute atomic E-state index is 0.0260. The fraction of sp³-hybridized carbons (Fsp3) is 0.231. The molecule has 0 aliphatic carbocycles. The van der Waals surface area contributed by atoms with Gasteiger partial charge < -0.3 is 9.88 Å². The SMILES string of the molecule is Cn1cccc1CNc1ccc(Cl)cc1C(F)(F)F. The zero-order valence-electron chi connectivity index (χ0n) is 10.1. The van der Waals surface area contributed by atoms with Crippen LogP contribution in [0.1, 0.15) is 11.3 Å². The van der Waals surface area contributed by atoms with Crippen LogP contribution in [-0.2, 0) is 19.8 Å². The Bertz CT molecular complexity index is 576. The summed E-state index contributed by atoms with van der Waals surface area (Å²) in [6.45, 7) is 0.314. The summed E-state index contributed by atoms with van der Waals surface area (Å²) in [7, 11) is 1.84. The van der Waals surface area contributed by atoms with Crippen LogP contribution in [0.3, 0.4) is 0 Å². The second kappa shape index (κ2) is 5.17. The second-order valence-corrected chi connectivity index (χ2v) is 4.59. The number of halogens is 4. The molecule has 0 amide bonds. The van der Waals surface area contributed by atoms with Crippen LogP contribution < -0.4 is 5.32 Å². The Morgan fingerprint density at radius 3 is 2.58 bits per heavy atom. The summed E-state index contributed by atoms with van der Waals surface area (Å²) in [5.41, 5.74) is 0.162. The molecule has 0 aliphatic rings. The molecule has 0 fully saturated rings. The third-order valence-electron chi connectivity index (χ3n) is 2.80. The summed E-state index contributed by atoms with van der Waals surface area (Å²) in [5.74, 6) is 0. The molecule has 1 aromatic heterocycles. The first kappa shape index (κ1) is 13.8. The summed E-state index contributed by atoms with van der Waals surface area (Å²) in [6.07, 6.45) is -2.59. The number of hydrogen-bond donors (Lipinski definition) is 1. The summed E-state index contributed by atoms with van der Waals surface area (Å²) in [6, 6.07) is 7.38. The highest BCUT2D eigenvalue weighted by molar-refractivity contribution is 6.30. The van der Waals surface area contributed by atoms with Gasteiger partial charge in [0.25, 0.3) is 0 Å². The summed E-state index contributed by atoms with van der Waals surface area (Å²) in [4.78, 5) is 0. The molecule has 1 N–H and O–H groups in total. The van der Waals surface area contributed by atoms with Crippen molar-refractivity contribution in [3.05, 3.63) is 52.8 Å². The topological polar surface area (TPSA) is 17.0 Å². The standard InChI is InChI=1S/C13H12ClF3N2/c1-19-6-2-3-10(19)8-18-12-5-4-9(14)7-11(12)13(15,16)17/h2-7,18H,8H2,1H3. The number of nitrogens with zero attached hydrogens (tertiary/aromatic N) is 1. The molecule has 2 nitrogen and oxygen atoms in total. The molecule has 0 saturated carbocycles. The van der Waals surface area contributed by atoms with Crippen molar-refractivity contribution in [1.82, 2.24) is 4.57 Å². The number of hydrogen-bond acceptors (Lipinski definition) is 1. The van der Waals surface area contributed by atoms with E-state index in [2.05, 4.69) is 5.32 Å². The van der Waals surface area contributed by atoms with E-state index in [1.165, 1.54) is 12.1 Å². The van der Waals surface area contributed by atoms with E-state index < -0.39 is 11.7 Å². The van der Waals surface area contributed by atoms with Gasteiger partial charge in [-0.05, 0) is 30.3 Å². The van der Waals surface area contributed by atoms with Gasteiger partial charge in [-0.3, -0.25) is 0 Å². The smallest absolute Gasteiger partial charge is 0.379 e. The van der Waals surface area contributed by atoms with Crippen molar-refractivity contribution in [2.24, 2.45) is 7.05 Å². The van der Waals surface area contributed by atoms with Gasteiger partial charge in [0, 0.05) is 29.6 Å². The van der Waals surface area contributed by atoms with E-state index in [-0.39, 0.29) is 10.7 Å². The summed E-state index contributed by atoms with van der Waals surface area (Å²) >= 11 is 5.62. The third-order valence-corrected chi connectivity index (χ3v) is 3.03. The molecular formula is C13H12ClF3N2. The Morgan fingerprint density at radius 2 is 2.00 bits per heavy atom. The first-order valence-corrected chi connectivity index (χ1v) is 5.96. The minimum atomic E-state index is -4.43. The molecule has 2 rings (SSSR count). The van der Waals surface area contributed by atoms with Crippen LogP contribution >= 0.6 is 11.6 Å². The van der Waals surface area contributed by atoms with Crippen LogP contribution in [0.5, 0.6) is 0 Å². The quantitative estimate of drug-likeness (QED) is 0.890. The van der Waals surface area contributed by atoms with Crippen molar-refractivity contribution in [3.63, 3.8) is 0 Å². The van der Waals surface area contributed by atoms with Gasteiger partial charge >= 0.3 is 6.18 Å². The number of rotatable bonds is 3. The fourth-order valence-electron chi connectivity index (χ4n) is 1.77. The van der Waals surface area contributed by atoms with Crippen molar-refractivity contribution in [2.75, 3.05) is 5.32 Å². The van der Waals surface area contributed by atoms with E-state index in [1.54, 1.807) is 0 Å². The minimum Gasteiger partial charge on any atom is -0.379 e. The predicted octanol–water partition coefficient (Wildman–Crippen LogP) is 4.31. The fourth-order valence-corrected chi connectivity index (χ4v) is 1.94. The van der Waals surface area contributed by atoms with Crippen molar-refractivity contribution in [2.45, 2.75) is 12.7 Å². The van der Waals surface area contributed by atoms with Crippen molar-refractivity contribution in [1.29, 1.82) is 0 Å². The van der Waals surface area contributed by atoms with Crippen LogP contribution in [0, 0.1) is 0 Å². The number of aromatic nitrogens is 1. The number of anilines is 1.